The van der Waals surface area contributed by atoms with Crippen molar-refractivity contribution in [2.45, 2.75) is 98.8 Å². The molecule has 0 bridgehead atoms. The van der Waals surface area contributed by atoms with E-state index in [2.05, 4.69) is 266 Å². The van der Waals surface area contributed by atoms with E-state index >= 15 is 0 Å². The van der Waals surface area contributed by atoms with Crippen LogP contribution < -0.4 is 0 Å². The fraction of sp³-hybridized carbons (Fsp3) is 0.197. The van der Waals surface area contributed by atoms with Gasteiger partial charge < -0.3 is 9.13 Å². The van der Waals surface area contributed by atoms with Gasteiger partial charge in [-0.25, -0.2) is 0 Å². The number of benzene rings is 10. The van der Waals surface area contributed by atoms with Crippen LogP contribution in [0.15, 0.2) is 182 Å². The molecule has 0 saturated carbocycles. The molecule has 0 amide bonds. The number of thiophene rings is 2. The van der Waals surface area contributed by atoms with Crippen LogP contribution in [-0.4, -0.2) is 9.13 Å². The Kier molecular flexibility index (Phi) is 12.2. The monoisotopic (exact) mass is 1080 g/mol. The van der Waals surface area contributed by atoms with E-state index in [4.69, 9.17) is 0 Å². The smallest absolute Gasteiger partial charge is 0.104 e. The summed E-state index contributed by atoms with van der Waals surface area (Å²) >= 11 is 3.71. The Morgan fingerprint density at radius 3 is 1.01 bits per heavy atom. The van der Waals surface area contributed by atoms with E-state index in [1.54, 1.807) is 0 Å². The lowest BCUT2D eigenvalue weighted by Crippen LogP contribution is -2.11. The van der Waals surface area contributed by atoms with Crippen LogP contribution in [0.2, 0.25) is 0 Å². The van der Waals surface area contributed by atoms with Crippen LogP contribution in [0.3, 0.4) is 0 Å². The fourth-order valence-corrected chi connectivity index (χ4v) is 15.5. The van der Waals surface area contributed by atoms with Gasteiger partial charge in [0.05, 0.1) is 33.4 Å². The molecule has 3 nitrogen and oxygen atoms in total. The maximum Gasteiger partial charge on any atom is 0.104 e. The van der Waals surface area contributed by atoms with E-state index in [0.29, 0.717) is 35.2 Å². The molecule has 14 rings (SSSR count). The van der Waals surface area contributed by atoms with Crippen molar-refractivity contribution in [3.8, 4) is 50.8 Å². The summed E-state index contributed by atoms with van der Waals surface area (Å²) < 4.78 is 9.88. The van der Waals surface area contributed by atoms with Crippen molar-refractivity contribution < 1.29 is 0 Å². The van der Waals surface area contributed by atoms with E-state index in [9.17, 15) is 5.26 Å². The molecule has 0 radical (unpaired) electrons. The highest BCUT2D eigenvalue weighted by Gasteiger charge is 2.34. The Balaban J connectivity index is 1.31. The van der Waals surface area contributed by atoms with Crippen LogP contribution in [0.1, 0.15) is 132 Å². The number of nitrogens with zero attached hydrogens (tertiary/aromatic N) is 3. The quantitative estimate of drug-likeness (QED) is 0.134. The highest BCUT2D eigenvalue weighted by Crippen LogP contribution is 2.56. The average molecular weight is 1080 g/mol. The SMILES string of the molecule is CC(C)c1ccc(-c2c(-c3cccc4c3sc3ccccc34)c(-n3c4ccc(C(C)C)cc4c4cc(C(C)C)ccc43)c(C#N)c(-n3c4ccc(C(C)C)cc4c4cc(C(C)C)ccc43)c2-c2cccc3c2sc2ccccc23)cc1. The summed E-state index contributed by atoms with van der Waals surface area (Å²) in [4.78, 5) is 0. The Bertz CT molecular complexity index is 4520. The highest BCUT2D eigenvalue weighted by atomic mass is 32.1. The van der Waals surface area contributed by atoms with Crippen LogP contribution >= 0.6 is 22.7 Å². The topological polar surface area (TPSA) is 33.6 Å². The Hall–Kier alpha value is -8.27. The van der Waals surface area contributed by atoms with E-state index in [1.165, 1.54) is 89.7 Å². The molecule has 0 saturated heterocycles. The molecule has 0 fully saturated rings. The minimum absolute atomic E-state index is 0.322. The first-order valence-corrected chi connectivity index (χ1v) is 30.6. The van der Waals surface area contributed by atoms with Gasteiger partial charge in [0.1, 0.15) is 11.6 Å². The van der Waals surface area contributed by atoms with Gasteiger partial charge in [-0.3, -0.25) is 0 Å². The van der Waals surface area contributed by atoms with Crippen molar-refractivity contribution in [1.29, 1.82) is 5.26 Å². The number of rotatable bonds is 10. The van der Waals surface area contributed by atoms with Crippen molar-refractivity contribution in [3.63, 3.8) is 0 Å². The third-order valence-electron chi connectivity index (χ3n) is 17.5. The lowest BCUT2D eigenvalue weighted by molar-refractivity contribution is 0.867. The van der Waals surface area contributed by atoms with Crippen molar-refractivity contribution in [1.82, 2.24) is 9.13 Å². The zero-order valence-electron chi connectivity index (χ0n) is 47.9. The molecule has 0 aliphatic carbocycles. The van der Waals surface area contributed by atoms with E-state index < -0.39 is 0 Å². The first-order valence-electron chi connectivity index (χ1n) is 29.0. The van der Waals surface area contributed by atoms with Gasteiger partial charge in [0.2, 0.25) is 0 Å². The predicted octanol–water partition coefficient (Wildman–Crippen LogP) is 23.1. The third kappa shape index (κ3) is 7.93. The lowest BCUT2D eigenvalue weighted by Gasteiger charge is -2.28. The summed E-state index contributed by atoms with van der Waals surface area (Å²) in [5.74, 6) is 1.62. The molecule has 5 heteroatoms. The second-order valence-electron chi connectivity index (χ2n) is 24.0. The van der Waals surface area contributed by atoms with Crippen LogP contribution in [0.4, 0.5) is 0 Å². The predicted molar refractivity (Wildman–Crippen MR) is 352 cm³/mol. The summed E-state index contributed by atoms with van der Waals surface area (Å²) in [5, 5.41) is 22.7. The van der Waals surface area contributed by atoms with E-state index in [0.717, 1.165) is 66.8 Å². The Morgan fingerprint density at radius 2 is 0.667 bits per heavy atom. The minimum Gasteiger partial charge on any atom is -0.307 e. The van der Waals surface area contributed by atoms with Crippen LogP contribution in [0.25, 0.3) is 129 Å². The summed E-state index contributed by atoms with van der Waals surface area (Å²) in [5.41, 5.74) is 19.6. The molecule has 4 aromatic heterocycles. The van der Waals surface area contributed by atoms with Crippen LogP contribution in [0, 0.1) is 11.3 Å². The zero-order chi connectivity index (χ0) is 55.7. The van der Waals surface area contributed by atoms with Gasteiger partial charge >= 0.3 is 0 Å². The molecule has 0 N–H and O–H groups in total. The summed E-state index contributed by atoms with van der Waals surface area (Å²) in [6.07, 6.45) is 0. The van der Waals surface area contributed by atoms with Gasteiger partial charge in [-0.2, -0.15) is 5.26 Å². The Labute approximate surface area is 483 Å². The maximum atomic E-state index is 13.0. The Morgan fingerprint density at radius 1 is 0.333 bits per heavy atom. The van der Waals surface area contributed by atoms with Gasteiger partial charge in [-0.1, -0.05) is 191 Å². The van der Waals surface area contributed by atoms with Gasteiger partial charge in [-0.15, -0.1) is 22.7 Å². The van der Waals surface area contributed by atoms with Crippen LogP contribution in [-0.2, 0) is 0 Å². The number of fused-ring (bicyclic) bond motifs is 12. The molecule has 4 heterocycles. The minimum atomic E-state index is 0.322. The molecule has 0 aliphatic heterocycles. The molecule has 10 aromatic carbocycles. The molecule has 0 aliphatic rings. The second kappa shape index (κ2) is 19.5. The molecular formula is C76H65N3S2. The van der Waals surface area contributed by atoms with Gasteiger partial charge in [0.25, 0.3) is 0 Å². The first kappa shape index (κ1) is 50.9. The number of nitriles is 1. The molecule has 0 unspecified atom stereocenters. The first-order chi connectivity index (χ1) is 39.3. The molecule has 81 heavy (non-hydrogen) atoms. The summed E-state index contributed by atoms with van der Waals surface area (Å²) in [6.45, 7) is 22.9. The van der Waals surface area contributed by atoms with Crippen molar-refractivity contribution >= 4 is 107 Å². The summed E-state index contributed by atoms with van der Waals surface area (Å²) in [6, 6.07) is 72.4. The fourth-order valence-electron chi connectivity index (χ4n) is 13.0. The standard InChI is InChI=1S/C76H65N3S2/c1-42(2)47-25-27-48(28-26-47)70-71(57-21-15-19-55-53-17-11-13-23-68(53)80-75(55)57)73(78-64-33-29-49(43(3)4)37-59(64)60-38-50(44(5)6)30-34-65(60)78)63(41-77)74(72(70)58-22-16-20-56-54-18-12-14-24-69(54)81-76(56)58)79-66-35-31-51(45(7)8)39-61(66)62-40-52(46(9)10)32-36-67(62)79/h11-40,42-46H,1-10H3. The van der Waals surface area contributed by atoms with Crippen molar-refractivity contribution in [3.05, 3.63) is 215 Å². The number of hydrogen-bond donors (Lipinski definition) is 0. The normalized spacial score (nSPS) is 12.4. The summed E-state index contributed by atoms with van der Waals surface area (Å²) in [7, 11) is 0. The maximum absolute atomic E-state index is 13.0. The molecule has 396 valence electrons. The van der Waals surface area contributed by atoms with Crippen molar-refractivity contribution in [2.24, 2.45) is 0 Å². The van der Waals surface area contributed by atoms with Gasteiger partial charge in [-0.05, 0) is 124 Å². The van der Waals surface area contributed by atoms with E-state index in [-0.39, 0.29) is 0 Å². The number of aromatic nitrogens is 2. The van der Waals surface area contributed by atoms with E-state index in [1.807, 2.05) is 22.7 Å². The molecule has 0 spiro atoms. The third-order valence-corrected chi connectivity index (χ3v) is 20.0. The second-order valence-corrected chi connectivity index (χ2v) is 26.1. The van der Waals surface area contributed by atoms with Crippen molar-refractivity contribution in [2.75, 3.05) is 0 Å². The largest absolute Gasteiger partial charge is 0.307 e. The highest BCUT2D eigenvalue weighted by molar-refractivity contribution is 7.26. The molecule has 14 aromatic rings. The number of hydrogen-bond acceptors (Lipinski definition) is 3. The molecule has 0 atom stereocenters. The molecular weight excluding hydrogens is 1020 g/mol. The zero-order valence-corrected chi connectivity index (χ0v) is 49.5. The average Bonchev–Trinajstić information content (AvgIpc) is 2.82. The van der Waals surface area contributed by atoms with Gasteiger partial charge in [0, 0.05) is 89.7 Å². The lowest BCUT2D eigenvalue weighted by atomic mass is 9.81. The van der Waals surface area contributed by atoms with Gasteiger partial charge in [0.15, 0.2) is 0 Å². The van der Waals surface area contributed by atoms with Crippen LogP contribution in [0.5, 0.6) is 0 Å².